The molecule has 0 spiro atoms. The molecule has 0 radical (unpaired) electrons. The summed E-state index contributed by atoms with van der Waals surface area (Å²) in [5, 5.41) is 10.1. The maximum atomic E-state index is 13.6. The molecule has 8 heteroatoms. The van der Waals surface area contributed by atoms with Crippen molar-refractivity contribution in [2.24, 2.45) is 0 Å². The Balaban J connectivity index is 1.28. The van der Waals surface area contributed by atoms with Gasteiger partial charge in [-0.3, -0.25) is 4.79 Å². The molecule has 0 aliphatic rings. The zero-order valence-corrected chi connectivity index (χ0v) is 23.6. The Kier molecular flexibility index (Phi) is 8.68. The van der Waals surface area contributed by atoms with E-state index in [9.17, 15) is 4.79 Å². The van der Waals surface area contributed by atoms with Crippen LogP contribution in [0.4, 0.5) is 16.5 Å². The van der Waals surface area contributed by atoms with Gasteiger partial charge in [-0.2, -0.15) is 0 Å². The van der Waals surface area contributed by atoms with Crippen LogP contribution in [0.15, 0.2) is 120 Å². The van der Waals surface area contributed by atoms with E-state index in [1.54, 1.807) is 0 Å². The van der Waals surface area contributed by atoms with E-state index < -0.39 is 5.25 Å². The van der Waals surface area contributed by atoms with Crippen molar-refractivity contribution in [3.8, 4) is 11.3 Å². The second-order valence-electron chi connectivity index (χ2n) is 8.66. The van der Waals surface area contributed by atoms with E-state index >= 15 is 0 Å². The average Bonchev–Trinajstić information content (AvgIpc) is 3.33. The lowest BCUT2D eigenvalue weighted by atomic mass is 10.1. The number of thiazole rings is 1. The predicted molar refractivity (Wildman–Crippen MR) is 169 cm³/mol. The molecule has 1 unspecified atom stereocenters. The lowest BCUT2D eigenvalue weighted by molar-refractivity contribution is -0.115. The van der Waals surface area contributed by atoms with Crippen LogP contribution >= 0.6 is 35.3 Å². The SMILES string of the molecule is Cc1sc(NC(=O)C(Sc2ccc(NC(=S)Nc3ccccc3)cc2)c2ccccc2)nc1-c1ccccc1. The first-order chi connectivity index (χ1) is 19.0. The number of thiocarbonyl (C=S) groups is 1. The molecule has 1 heterocycles. The van der Waals surface area contributed by atoms with Gasteiger partial charge in [0, 0.05) is 26.7 Å². The third-order valence-corrected chi connectivity index (χ3v) is 8.17. The molecule has 0 saturated carbocycles. The number of benzene rings is 4. The standard InChI is InChI=1S/C31H26N4OS3/c1-21-27(22-11-5-2-6-12-22)34-31(38-21)35-29(36)28(23-13-7-3-8-14-23)39-26-19-17-25(18-20-26)33-30(37)32-24-15-9-4-10-16-24/h2-20,28H,1H3,(H2,32,33,37)(H,34,35,36). The van der Waals surface area contributed by atoms with Crippen molar-refractivity contribution in [2.45, 2.75) is 17.1 Å². The Morgan fingerprint density at radius 3 is 1.97 bits per heavy atom. The van der Waals surface area contributed by atoms with E-state index in [1.165, 1.54) is 23.1 Å². The first-order valence-electron chi connectivity index (χ1n) is 12.3. The van der Waals surface area contributed by atoms with Crippen molar-refractivity contribution in [3.05, 3.63) is 126 Å². The Labute approximate surface area is 241 Å². The lowest BCUT2D eigenvalue weighted by Gasteiger charge is -2.17. The second kappa shape index (κ2) is 12.7. The summed E-state index contributed by atoms with van der Waals surface area (Å²) >= 11 is 8.42. The number of nitrogens with one attached hydrogen (secondary N) is 3. The van der Waals surface area contributed by atoms with Gasteiger partial charge >= 0.3 is 0 Å². The van der Waals surface area contributed by atoms with E-state index in [2.05, 4.69) is 16.0 Å². The molecule has 39 heavy (non-hydrogen) atoms. The van der Waals surface area contributed by atoms with Gasteiger partial charge in [0.25, 0.3) is 0 Å². The smallest absolute Gasteiger partial charge is 0.244 e. The number of aromatic nitrogens is 1. The molecule has 3 N–H and O–H groups in total. The minimum Gasteiger partial charge on any atom is -0.332 e. The van der Waals surface area contributed by atoms with Gasteiger partial charge in [-0.25, -0.2) is 4.98 Å². The molecule has 0 aliphatic heterocycles. The Morgan fingerprint density at radius 2 is 1.33 bits per heavy atom. The maximum absolute atomic E-state index is 13.6. The van der Waals surface area contributed by atoms with E-state index in [-0.39, 0.29) is 5.91 Å². The van der Waals surface area contributed by atoms with Gasteiger partial charge in [0.2, 0.25) is 5.91 Å². The van der Waals surface area contributed by atoms with Gasteiger partial charge in [0.1, 0.15) is 5.25 Å². The van der Waals surface area contributed by atoms with Crippen LogP contribution in [0.3, 0.4) is 0 Å². The summed E-state index contributed by atoms with van der Waals surface area (Å²) in [6, 6.07) is 37.5. The molecule has 5 aromatic rings. The van der Waals surface area contributed by atoms with Crippen LogP contribution < -0.4 is 16.0 Å². The highest BCUT2D eigenvalue weighted by Gasteiger charge is 2.24. The number of carbonyl (C=O) groups excluding carboxylic acids is 1. The molecule has 5 nitrogen and oxygen atoms in total. The zero-order valence-electron chi connectivity index (χ0n) is 21.1. The predicted octanol–water partition coefficient (Wildman–Crippen LogP) is 8.40. The number of nitrogens with zero attached hydrogens (tertiary/aromatic N) is 1. The third kappa shape index (κ3) is 7.11. The molecule has 1 amide bonds. The van der Waals surface area contributed by atoms with Crippen LogP contribution in [0.1, 0.15) is 15.7 Å². The quantitative estimate of drug-likeness (QED) is 0.129. The number of hydrogen-bond donors (Lipinski definition) is 3. The van der Waals surface area contributed by atoms with Crippen LogP contribution in [0.5, 0.6) is 0 Å². The van der Waals surface area contributed by atoms with E-state index in [0.717, 1.165) is 38.0 Å². The molecule has 0 fully saturated rings. The summed E-state index contributed by atoms with van der Waals surface area (Å²) in [6.45, 7) is 2.02. The average molecular weight is 567 g/mol. The molecule has 0 saturated heterocycles. The zero-order chi connectivity index (χ0) is 27.0. The molecule has 0 aliphatic carbocycles. The Morgan fingerprint density at radius 1 is 0.769 bits per heavy atom. The third-order valence-electron chi connectivity index (χ3n) is 5.81. The first-order valence-corrected chi connectivity index (χ1v) is 14.4. The first kappa shape index (κ1) is 26.6. The van der Waals surface area contributed by atoms with Gasteiger partial charge in [-0.15, -0.1) is 23.1 Å². The molecule has 0 bridgehead atoms. The van der Waals surface area contributed by atoms with E-state index in [0.29, 0.717) is 10.2 Å². The second-order valence-corrected chi connectivity index (χ2v) is 11.4. The highest BCUT2D eigenvalue weighted by molar-refractivity contribution is 8.00. The molecular formula is C31H26N4OS3. The van der Waals surface area contributed by atoms with Crippen molar-refractivity contribution in [1.82, 2.24) is 4.98 Å². The number of hydrogen-bond acceptors (Lipinski definition) is 5. The summed E-state index contributed by atoms with van der Waals surface area (Å²) in [7, 11) is 0. The van der Waals surface area contributed by atoms with Crippen LogP contribution in [-0.4, -0.2) is 16.0 Å². The number of carbonyl (C=O) groups is 1. The number of rotatable bonds is 8. The number of para-hydroxylation sites is 1. The minimum atomic E-state index is -0.449. The largest absolute Gasteiger partial charge is 0.332 e. The summed E-state index contributed by atoms with van der Waals surface area (Å²) < 4.78 is 0. The summed E-state index contributed by atoms with van der Waals surface area (Å²) in [4.78, 5) is 20.3. The van der Waals surface area contributed by atoms with Gasteiger partial charge in [-0.1, -0.05) is 78.9 Å². The number of thioether (sulfide) groups is 1. The number of aryl methyl sites for hydroxylation is 1. The molecule has 194 valence electrons. The van der Waals surface area contributed by atoms with E-state index in [4.69, 9.17) is 17.2 Å². The maximum Gasteiger partial charge on any atom is 0.244 e. The molecule has 4 aromatic carbocycles. The van der Waals surface area contributed by atoms with Crippen molar-refractivity contribution in [2.75, 3.05) is 16.0 Å². The van der Waals surface area contributed by atoms with Crippen LogP contribution in [-0.2, 0) is 4.79 Å². The number of amides is 1. The van der Waals surface area contributed by atoms with Crippen LogP contribution in [0.25, 0.3) is 11.3 Å². The highest BCUT2D eigenvalue weighted by Crippen LogP contribution is 2.38. The van der Waals surface area contributed by atoms with Gasteiger partial charge in [-0.05, 0) is 61.1 Å². The minimum absolute atomic E-state index is 0.116. The van der Waals surface area contributed by atoms with Gasteiger partial charge in [0.05, 0.1) is 5.69 Å². The highest BCUT2D eigenvalue weighted by atomic mass is 32.2. The Bertz CT molecular complexity index is 1540. The van der Waals surface area contributed by atoms with Crippen LogP contribution in [0, 0.1) is 6.92 Å². The van der Waals surface area contributed by atoms with Crippen molar-refractivity contribution < 1.29 is 4.79 Å². The van der Waals surface area contributed by atoms with E-state index in [1.807, 2.05) is 122 Å². The van der Waals surface area contributed by atoms with Crippen molar-refractivity contribution in [1.29, 1.82) is 0 Å². The van der Waals surface area contributed by atoms with Gasteiger partial charge in [0.15, 0.2) is 10.2 Å². The molecule has 5 rings (SSSR count). The fraction of sp³-hybridized carbons (Fsp3) is 0.0645. The monoisotopic (exact) mass is 566 g/mol. The van der Waals surface area contributed by atoms with Crippen LogP contribution in [0.2, 0.25) is 0 Å². The fourth-order valence-electron chi connectivity index (χ4n) is 3.95. The Hall–Kier alpha value is -3.98. The normalized spacial score (nSPS) is 11.4. The molecule has 1 aromatic heterocycles. The summed E-state index contributed by atoms with van der Waals surface area (Å²) in [5.74, 6) is -0.116. The topological polar surface area (TPSA) is 66.1 Å². The number of anilines is 3. The van der Waals surface area contributed by atoms with Crippen molar-refractivity contribution >= 4 is 62.8 Å². The van der Waals surface area contributed by atoms with Crippen molar-refractivity contribution in [3.63, 3.8) is 0 Å². The lowest BCUT2D eigenvalue weighted by Crippen LogP contribution is -2.19. The molecule has 1 atom stereocenters. The fourth-order valence-corrected chi connectivity index (χ4v) is 6.05. The summed E-state index contributed by atoms with van der Waals surface area (Å²) in [6.07, 6.45) is 0. The van der Waals surface area contributed by atoms with Gasteiger partial charge < -0.3 is 16.0 Å². The summed E-state index contributed by atoms with van der Waals surface area (Å²) in [5.41, 5.74) is 4.63. The molecular weight excluding hydrogens is 541 g/mol.